The Labute approximate surface area is 227 Å². The number of nitrogens with zero attached hydrogens (tertiary/aromatic N) is 3. The van der Waals surface area contributed by atoms with Crippen LogP contribution >= 0.6 is 0 Å². The number of morpholine rings is 1. The summed E-state index contributed by atoms with van der Waals surface area (Å²) in [5.41, 5.74) is 2.96. The van der Waals surface area contributed by atoms with Gasteiger partial charge in [0.2, 0.25) is 6.79 Å². The highest BCUT2D eigenvalue weighted by molar-refractivity contribution is 5.98. The summed E-state index contributed by atoms with van der Waals surface area (Å²) in [4.78, 5) is 6.89. The summed E-state index contributed by atoms with van der Waals surface area (Å²) >= 11 is 0. The molecule has 0 saturated carbocycles. The molecule has 0 amide bonds. The third kappa shape index (κ3) is 5.94. The van der Waals surface area contributed by atoms with Gasteiger partial charge in [0, 0.05) is 44.4 Å². The number of ether oxygens (including phenoxy) is 6. The van der Waals surface area contributed by atoms with Crippen molar-refractivity contribution in [1.29, 1.82) is 5.26 Å². The summed E-state index contributed by atoms with van der Waals surface area (Å²) in [5, 5.41) is 13.9. The van der Waals surface area contributed by atoms with Gasteiger partial charge in [-0.2, -0.15) is 5.26 Å². The average molecular weight is 531 g/mol. The molecular formula is C29H30N4O6. The third-order valence-electron chi connectivity index (χ3n) is 6.47. The largest absolute Gasteiger partial charge is 0.493 e. The Kier molecular flexibility index (Phi) is 8.49. The first-order valence-corrected chi connectivity index (χ1v) is 12.7. The average Bonchev–Trinajstić information content (AvgIpc) is 3.47. The number of aromatic nitrogens is 1. The lowest BCUT2D eigenvalue weighted by Crippen LogP contribution is -2.37. The number of hydrogen-bond donors (Lipinski definition) is 1. The number of anilines is 2. The Morgan fingerprint density at radius 3 is 2.72 bits per heavy atom. The maximum Gasteiger partial charge on any atom is 0.231 e. The van der Waals surface area contributed by atoms with Gasteiger partial charge in [-0.1, -0.05) is 11.8 Å². The Bertz CT molecular complexity index is 1440. The van der Waals surface area contributed by atoms with Gasteiger partial charge in [-0.05, 0) is 24.6 Å². The van der Waals surface area contributed by atoms with E-state index in [0.29, 0.717) is 69.6 Å². The van der Waals surface area contributed by atoms with E-state index in [1.54, 1.807) is 20.4 Å². The van der Waals surface area contributed by atoms with E-state index in [-0.39, 0.29) is 6.79 Å². The Morgan fingerprint density at radius 2 is 1.92 bits per heavy atom. The predicted octanol–water partition coefficient (Wildman–Crippen LogP) is 3.69. The van der Waals surface area contributed by atoms with Crippen LogP contribution in [0.4, 0.5) is 11.4 Å². The van der Waals surface area contributed by atoms with Crippen LogP contribution in [-0.2, 0) is 9.47 Å². The summed E-state index contributed by atoms with van der Waals surface area (Å²) in [6.45, 7) is 5.34. The molecule has 39 heavy (non-hydrogen) atoms. The van der Waals surface area contributed by atoms with Gasteiger partial charge >= 0.3 is 0 Å². The normalized spacial score (nSPS) is 14.4. The minimum Gasteiger partial charge on any atom is -0.493 e. The molecular weight excluding hydrogens is 500 g/mol. The van der Waals surface area contributed by atoms with Crippen LogP contribution in [0.1, 0.15) is 17.5 Å². The molecule has 1 N–H and O–H groups in total. The molecule has 1 saturated heterocycles. The van der Waals surface area contributed by atoms with Crippen molar-refractivity contribution >= 4 is 22.3 Å². The molecule has 0 spiro atoms. The zero-order chi connectivity index (χ0) is 27.0. The van der Waals surface area contributed by atoms with Crippen LogP contribution in [0.5, 0.6) is 23.0 Å². The number of pyridine rings is 1. The zero-order valence-corrected chi connectivity index (χ0v) is 22.0. The van der Waals surface area contributed by atoms with Crippen molar-refractivity contribution in [3.05, 3.63) is 41.6 Å². The number of nitriles is 1. The first-order chi connectivity index (χ1) is 19.2. The van der Waals surface area contributed by atoms with Gasteiger partial charge in [0.25, 0.3) is 0 Å². The molecule has 1 fully saturated rings. The number of fused-ring (bicyclic) bond motifs is 2. The van der Waals surface area contributed by atoms with Crippen molar-refractivity contribution in [3.8, 4) is 40.9 Å². The summed E-state index contributed by atoms with van der Waals surface area (Å²) in [6, 6.07) is 9.60. The van der Waals surface area contributed by atoms with E-state index < -0.39 is 0 Å². The molecule has 3 heterocycles. The van der Waals surface area contributed by atoms with Crippen molar-refractivity contribution in [2.24, 2.45) is 0 Å². The van der Waals surface area contributed by atoms with E-state index in [4.69, 9.17) is 28.4 Å². The number of nitrogens with one attached hydrogen (secondary N) is 1. The SMILES string of the molecule is COCC#Cc1ccc(Nc2c(C#N)cnc3cc(OCCCN4CCOCC4)c(OC)cc23)c2c1OCO2. The first-order valence-electron chi connectivity index (χ1n) is 12.7. The van der Waals surface area contributed by atoms with E-state index in [9.17, 15) is 5.26 Å². The molecule has 2 aliphatic rings. The maximum absolute atomic E-state index is 9.86. The summed E-state index contributed by atoms with van der Waals surface area (Å²) in [6.07, 6.45) is 2.43. The second-order valence-electron chi connectivity index (χ2n) is 8.92. The highest BCUT2D eigenvalue weighted by Gasteiger charge is 2.23. The van der Waals surface area contributed by atoms with Gasteiger partial charge in [-0.15, -0.1) is 0 Å². The molecule has 3 aromatic rings. The van der Waals surface area contributed by atoms with Gasteiger partial charge in [0.1, 0.15) is 12.7 Å². The number of methoxy groups -OCH3 is 2. The lowest BCUT2D eigenvalue weighted by atomic mass is 10.1. The fourth-order valence-electron chi connectivity index (χ4n) is 4.52. The molecule has 10 nitrogen and oxygen atoms in total. The van der Waals surface area contributed by atoms with E-state index >= 15 is 0 Å². The monoisotopic (exact) mass is 530 g/mol. The zero-order valence-electron chi connectivity index (χ0n) is 22.0. The highest BCUT2D eigenvalue weighted by Crippen LogP contribution is 2.44. The van der Waals surface area contributed by atoms with Crippen molar-refractivity contribution in [1.82, 2.24) is 9.88 Å². The van der Waals surface area contributed by atoms with E-state index in [1.165, 1.54) is 0 Å². The van der Waals surface area contributed by atoms with Crippen LogP contribution in [0, 0.1) is 23.2 Å². The highest BCUT2D eigenvalue weighted by atomic mass is 16.7. The fraction of sp³-hybridized carbons (Fsp3) is 0.379. The molecule has 5 rings (SSSR count). The molecule has 0 bridgehead atoms. The van der Waals surface area contributed by atoms with Gasteiger partial charge in [0.05, 0.1) is 54.9 Å². The van der Waals surface area contributed by atoms with Crippen LogP contribution in [-0.4, -0.2) is 77.0 Å². The molecule has 1 aromatic heterocycles. The van der Waals surface area contributed by atoms with Crippen LogP contribution in [0.25, 0.3) is 10.9 Å². The second-order valence-corrected chi connectivity index (χ2v) is 8.92. The fourth-order valence-corrected chi connectivity index (χ4v) is 4.52. The molecule has 0 unspecified atom stereocenters. The van der Waals surface area contributed by atoms with Crippen LogP contribution < -0.4 is 24.3 Å². The Hall–Kier alpha value is -4.22. The second kappa shape index (κ2) is 12.5. The number of hydrogen-bond acceptors (Lipinski definition) is 10. The van der Waals surface area contributed by atoms with Crippen LogP contribution in [0.15, 0.2) is 30.5 Å². The molecule has 10 heteroatoms. The van der Waals surface area contributed by atoms with Crippen molar-refractivity contribution in [3.63, 3.8) is 0 Å². The quantitative estimate of drug-likeness (QED) is 0.325. The topological polar surface area (TPSA) is 107 Å². The molecule has 0 atom stereocenters. The van der Waals surface area contributed by atoms with Crippen molar-refractivity contribution < 1.29 is 28.4 Å². The minimum absolute atomic E-state index is 0.0786. The van der Waals surface area contributed by atoms with E-state index in [0.717, 1.165) is 39.3 Å². The van der Waals surface area contributed by atoms with Crippen molar-refractivity contribution in [2.75, 3.05) is 72.4 Å². The molecule has 0 aliphatic carbocycles. The van der Waals surface area contributed by atoms with Crippen LogP contribution in [0.2, 0.25) is 0 Å². The van der Waals surface area contributed by atoms with E-state index in [1.807, 2.05) is 24.3 Å². The molecule has 2 aromatic carbocycles. The Balaban J connectivity index is 1.41. The number of benzene rings is 2. The summed E-state index contributed by atoms with van der Waals surface area (Å²) in [5.74, 6) is 8.21. The lowest BCUT2D eigenvalue weighted by Gasteiger charge is -2.26. The van der Waals surface area contributed by atoms with Crippen molar-refractivity contribution in [2.45, 2.75) is 6.42 Å². The summed E-state index contributed by atoms with van der Waals surface area (Å²) < 4.78 is 33.6. The van der Waals surface area contributed by atoms with Gasteiger partial charge < -0.3 is 33.7 Å². The van der Waals surface area contributed by atoms with Gasteiger partial charge in [-0.25, -0.2) is 0 Å². The predicted molar refractivity (Wildman–Crippen MR) is 145 cm³/mol. The van der Waals surface area contributed by atoms with Gasteiger partial charge in [-0.3, -0.25) is 9.88 Å². The van der Waals surface area contributed by atoms with Gasteiger partial charge in [0.15, 0.2) is 23.0 Å². The maximum atomic E-state index is 9.86. The Morgan fingerprint density at radius 1 is 1.08 bits per heavy atom. The molecule has 0 radical (unpaired) electrons. The van der Waals surface area contributed by atoms with E-state index in [2.05, 4.69) is 33.1 Å². The first kappa shape index (κ1) is 26.4. The molecule has 202 valence electrons. The smallest absolute Gasteiger partial charge is 0.231 e. The van der Waals surface area contributed by atoms with Crippen LogP contribution in [0.3, 0.4) is 0 Å². The minimum atomic E-state index is 0.0786. The standard InChI is InChI=1S/C29H30N4O6/c1-34-11-3-5-20-6-7-23(29-28(20)38-19-39-29)32-27-21(17-30)18-31-24-16-26(25(35-2)15-22(24)27)37-12-4-8-33-9-13-36-14-10-33/h6-7,15-16,18H,4,8-14,19H2,1-2H3,(H,31,32). The third-order valence-corrected chi connectivity index (χ3v) is 6.47. The molecule has 2 aliphatic heterocycles. The lowest BCUT2D eigenvalue weighted by molar-refractivity contribution is 0.0357. The summed E-state index contributed by atoms with van der Waals surface area (Å²) in [7, 11) is 3.19. The number of rotatable bonds is 9.